The lowest BCUT2D eigenvalue weighted by Gasteiger charge is -2.18. The Balaban J connectivity index is 2.30. The van der Waals surface area contributed by atoms with Gasteiger partial charge in [0.25, 0.3) is 0 Å². The Morgan fingerprint density at radius 1 is 1.16 bits per heavy atom. The van der Waals surface area contributed by atoms with Gasteiger partial charge in [-0.1, -0.05) is 29.8 Å². The molecule has 0 bridgehead atoms. The number of halogens is 3. The highest BCUT2D eigenvalue weighted by atomic mass is 35.5. The summed E-state index contributed by atoms with van der Waals surface area (Å²) in [6.07, 6.45) is 0.372. The first kappa shape index (κ1) is 13.9. The van der Waals surface area contributed by atoms with E-state index < -0.39 is 17.7 Å². The van der Waals surface area contributed by atoms with Gasteiger partial charge in [0.05, 0.1) is 6.04 Å². The van der Waals surface area contributed by atoms with Crippen molar-refractivity contribution < 1.29 is 8.78 Å². The summed E-state index contributed by atoms with van der Waals surface area (Å²) >= 11 is 6.05. The normalized spacial score (nSPS) is 12.4. The van der Waals surface area contributed by atoms with Crippen molar-refractivity contribution >= 4 is 11.6 Å². The Morgan fingerprint density at radius 3 is 2.58 bits per heavy atom. The van der Waals surface area contributed by atoms with Gasteiger partial charge in [0.2, 0.25) is 0 Å². The largest absolute Gasteiger partial charge is 0.271 e. The van der Waals surface area contributed by atoms with Gasteiger partial charge >= 0.3 is 0 Å². The molecule has 0 aromatic heterocycles. The Labute approximate surface area is 115 Å². The van der Waals surface area contributed by atoms with Gasteiger partial charge in [-0.15, -0.1) is 0 Å². The molecule has 2 aromatic carbocycles. The van der Waals surface area contributed by atoms with Crippen LogP contribution in [0.4, 0.5) is 8.78 Å². The zero-order chi connectivity index (χ0) is 13.8. The van der Waals surface area contributed by atoms with E-state index in [1.807, 2.05) is 12.1 Å². The average molecular weight is 283 g/mol. The quantitative estimate of drug-likeness (QED) is 0.666. The topological polar surface area (TPSA) is 38.0 Å². The van der Waals surface area contributed by atoms with Gasteiger partial charge in [-0.05, 0) is 36.2 Å². The molecule has 19 heavy (non-hydrogen) atoms. The van der Waals surface area contributed by atoms with Gasteiger partial charge in [-0.3, -0.25) is 11.3 Å². The van der Waals surface area contributed by atoms with Crippen molar-refractivity contribution in [3.8, 4) is 0 Å². The average Bonchev–Trinajstić information content (AvgIpc) is 2.41. The van der Waals surface area contributed by atoms with Gasteiger partial charge in [-0.2, -0.15) is 0 Å². The molecular weight excluding hydrogens is 270 g/mol. The molecule has 0 aliphatic heterocycles. The van der Waals surface area contributed by atoms with Gasteiger partial charge in [0.15, 0.2) is 0 Å². The van der Waals surface area contributed by atoms with Crippen LogP contribution >= 0.6 is 11.6 Å². The Morgan fingerprint density at radius 2 is 1.89 bits per heavy atom. The first-order chi connectivity index (χ1) is 9.11. The molecule has 0 aliphatic rings. The molecule has 0 saturated carbocycles. The lowest BCUT2D eigenvalue weighted by Crippen LogP contribution is -2.30. The third kappa shape index (κ3) is 3.29. The Kier molecular flexibility index (Phi) is 4.47. The maximum absolute atomic E-state index is 13.7. The van der Waals surface area contributed by atoms with E-state index in [0.717, 1.165) is 23.8 Å². The molecule has 1 atom stereocenters. The van der Waals surface area contributed by atoms with Crippen molar-refractivity contribution in [1.82, 2.24) is 5.43 Å². The van der Waals surface area contributed by atoms with Crippen LogP contribution in [0.1, 0.15) is 17.2 Å². The maximum Gasteiger partial charge on any atom is 0.128 e. The van der Waals surface area contributed by atoms with Crippen LogP contribution in [0.2, 0.25) is 5.02 Å². The van der Waals surface area contributed by atoms with Gasteiger partial charge < -0.3 is 0 Å². The molecule has 2 aromatic rings. The Hall–Kier alpha value is -1.49. The molecule has 0 radical (unpaired) electrons. The third-order valence-corrected chi connectivity index (χ3v) is 3.29. The molecule has 2 rings (SSSR count). The first-order valence-corrected chi connectivity index (χ1v) is 6.14. The highest BCUT2D eigenvalue weighted by molar-refractivity contribution is 6.31. The van der Waals surface area contributed by atoms with Crippen LogP contribution in [0.3, 0.4) is 0 Å². The maximum atomic E-state index is 13.7. The minimum absolute atomic E-state index is 0.183. The van der Waals surface area contributed by atoms with E-state index in [0.29, 0.717) is 11.4 Å². The van der Waals surface area contributed by atoms with E-state index in [9.17, 15) is 8.78 Å². The predicted molar refractivity (Wildman–Crippen MR) is 71.6 cm³/mol. The second-order valence-corrected chi connectivity index (χ2v) is 4.59. The van der Waals surface area contributed by atoms with Gasteiger partial charge in [0, 0.05) is 10.6 Å². The number of hydrogen-bond acceptors (Lipinski definition) is 2. The van der Waals surface area contributed by atoms with Crippen molar-refractivity contribution in [2.24, 2.45) is 5.84 Å². The lowest BCUT2D eigenvalue weighted by molar-refractivity contribution is 0.502. The number of hydrogen-bond donors (Lipinski definition) is 2. The fourth-order valence-electron chi connectivity index (χ4n) is 1.92. The van der Waals surface area contributed by atoms with Crippen LogP contribution in [0, 0.1) is 11.6 Å². The second kappa shape index (κ2) is 6.10. The number of benzene rings is 2. The third-order valence-electron chi connectivity index (χ3n) is 2.92. The van der Waals surface area contributed by atoms with E-state index in [2.05, 4.69) is 5.43 Å². The first-order valence-electron chi connectivity index (χ1n) is 5.76. The van der Waals surface area contributed by atoms with E-state index >= 15 is 0 Å². The molecule has 0 spiro atoms. The highest BCUT2D eigenvalue weighted by Crippen LogP contribution is 2.25. The van der Waals surface area contributed by atoms with Crippen LogP contribution in [-0.2, 0) is 6.42 Å². The van der Waals surface area contributed by atoms with E-state index in [-0.39, 0.29) is 5.56 Å². The smallest absolute Gasteiger partial charge is 0.128 e. The summed E-state index contributed by atoms with van der Waals surface area (Å²) in [5.74, 6) is 4.43. The van der Waals surface area contributed by atoms with Crippen LogP contribution < -0.4 is 11.3 Å². The zero-order valence-corrected chi connectivity index (χ0v) is 10.8. The number of nitrogens with two attached hydrogens (primary N) is 1. The predicted octanol–water partition coefficient (Wildman–Crippen LogP) is 3.37. The lowest BCUT2D eigenvalue weighted by atomic mass is 9.99. The highest BCUT2D eigenvalue weighted by Gasteiger charge is 2.17. The van der Waals surface area contributed by atoms with Crippen molar-refractivity contribution in [3.05, 3.63) is 70.2 Å². The molecule has 3 N–H and O–H groups in total. The summed E-state index contributed by atoms with van der Waals surface area (Å²) in [5, 5.41) is 0.569. The molecule has 100 valence electrons. The van der Waals surface area contributed by atoms with Gasteiger partial charge in [-0.25, -0.2) is 8.78 Å². The molecule has 0 aliphatic carbocycles. The molecule has 0 heterocycles. The van der Waals surface area contributed by atoms with Crippen LogP contribution in [0.25, 0.3) is 0 Å². The van der Waals surface area contributed by atoms with E-state index in [1.165, 1.54) is 0 Å². The molecular formula is C14H13ClF2N2. The molecule has 1 unspecified atom stereocenters. The minimum Gasteiger partial charge on any atom is -0.271 e. The van der Waals surface area contributed by atoms with Crippen LogP contribution in [0.15, 0.2) is 42.5 Å². The molecule has 0 amide bonds. The van der Waals surface area contributed by atoms with Crippen molar-refractivity contribution in [2.75, 3.05) is 0 Å². The van der Waals surface area contributed by atoms with Crippen molar-refractivity contribution in [2.45, 2.75) is 12.5 Å². The molecule has 0 fully saturated rings. The number of nitrogens with one attached hydrogen (secondary N) is 1. The van der Waals surface area contributed by atoms with Gasteiger partial charge in [0.1, 0.15) is 11.6 Å². The van der Waals surface area contributed by atoms with E-state index in [4.69, 9.17) is 17.4 Å². The summed E-state index contributed by atoms with van der Waals surface area (Å²) in [6, 6.07) is 9.95. The SMILES string of the molecule is NNC(Cc1ccccc1Cl)c1cc(F)ccc1F. The fraction of sp³-hybridized carbons (Fsp3) is 0.143. The Bertz CT molecular complexity index is 575. The molecule has 0 saturated heterocycles. The number of rotatable bonds is 4. The summed E-state index contributed by atoms with van der Waals surface area (Å²) in [5.41, 5.74) is 3.50. The van der Waals surface area contributed by atoms with Crippen LogP contribution in [0.5, 0.6) is 0 Å². The van der Waals surface area contributed by atoms with Crippen molar-refractivity contribution in [3.63, 3.8) is 0 Å². The van der Waals surface area contributed by atoms with Crippen LogP contribution in [-0.4, -0.2) is 0 Å². The second-order valence-electron chi connectivity index (χ2n) is 4.18. The zero-order valence-electron chi connectivity index (χ0n) is 10.0. The summed E-state index contributed by atoms with van der Waals surface area (Å²) in [6.45, 7) is 0. The number of hydrazine groups is 1. The fourth-order valence-corrected chi connectivity index (χ4v) is 2.14. The summed E-state index contributed by atoms with van der Waals surface area (Å²) in [4.78, 5) is 0. The van der Waals surface area contributed by atoms with E-state index in [1.54, 1.807) is 12.1 Å². The molecule has 2 nitrogen and oxygen atoms in total. The summed E-state index contributed by atoms with van der Waals surface area (Å²) < 4.78 is 26.9. The summed E-state index contributed by atoms with van der Waals surface area (Å²) in [7, 11) is 0. The monoisotopic (exact) mass is 282 g/mol. The standard InChI is InChI=1S/C14H13ClF2N2/c15-12-4-2-1-3-9(12)7-14(19-18)11-8-10(16)5-6-13(11)17/h1-6,8,14,19H,7,18H2. The molecule has 5 heteroatoms. The van der Waals surface area contributed by atoms with Crippen molar-refractivity contribution in [1.29, 1.82) is 0 Å². The minimum atomic E-state index is -0.546.